The quantitative estimate of drug-likeness (QED) is 0.912. The number of hydrogen-bond donors (Lipinski definition) is 1. The van der Waals surface area contributed by atoms with Gasteiger partial charge in [0.05, 0.1) is 13.2 Å². The zero-order valence-corrected chi connectivity index (χ0v) is 13.2. The normalized spacial score (nSPS) is 21.3. The van der Waals surface area contributed by atoms with Crippen molar-refractivity contribution in [2.75, 3.05) is 32.8 Å². The number of morpholine rings is 1. The number of hydrogen-bond acceptors (Lipinski definition) is 3. The second kappa shape index (κ2) is 7.46. The van der Waals surface area contributed by atoms with E-state index in [1.807, 2.05) is 30.3 Å². The molecule has 3 amide bonds. The molecule has 3 rings (SSSR count). The molecule has 2 aliphatic heterocycles. The van der Waals surface area contributed by atoms with E-state index in [0.717, 1.165) is 18.4 Å². The van der Waals surface area contributed by atoms with Gasteiger partial charge in [0.15, 0.2) is 0 Å². The lowest BCUT2D eigenvalue weighted by molar-refractivity contribution is -0.125. The van der Waals surface area contributed by atoms with Gasteiger partial charge in [0.25, 0.3) is 0 Å². The Kier molecular flexibility index (Phi) is 5.12. The standard InChI is InChI=1S/C17H23N3O3/c21-16(18-13-14-5-2-1-3-6-14)15-7-4-8-20(15)17(22)19-9-11-23-12-10-19/h1-3,5-6,15H,4,7-13H2,(H,18,21)/t15-/m0/s1. The predicted molar refractivity (Wildman–Crippen MR) is 85.8 cm³/mol. The Balaban J connectivity index is 1.57. The lowest BCUT2D eigenvalue weighted by Crippen LogP contribution is -2.53. The summed E-state index contributed by atoms with van der Waals surface area (Å²) in [5.74, 6) is -0.0621. The van der Waals surface area contributed by atoms with Crippen LogP contribution in [0.2, 0.25) is 0 Å². The minimum absolute atomic E-state index is 0.0364. The van der Waals surface area contributed by atoms with Crippen LogP contribution in [0.4, 0.5) is 4.79 Å². The number of ether oxygens (including phenoxy) is 1. The Hall–Kier alpha value is -2.08. The molecule has 0 bridgehead atoms. The van der Waals surface area contributed by atoms with E-state index in [-0.39, 0.29) is 18.0 Å². The van der Waals surface area contributed by atoms with Gasteiger partial charge >= 0.3 is 6.03 Å². The fourth-order valence-corrected chi connectivity index (χ4v) is 3.11. The largest absolute Gasteiger partial charge is 0.378 e. The van der Waals surface area contributed by atoms with Gasteiger partial charge in [0.2, 0.25) is 5.91 Å². The SMILES string of the molecule is O=C(NCc1ccccc1)[C@@H]1CCCN1C(=O)N1CCOCC1. The van der Waals surface area contributed by atoms with Crippen LogP contribution in [0.1, 0.15) is 18.4 Å². The van der Waals surface area contributed by atoms with Gasteiger partial charge in [-0.2, -0.15) is 0 Å². The van der Waals surface area contributed by atoms with Crippen LogP contribution in [-0.4, -0.2) is 60.6 Å². The number of nitrogens with zero attached hydrogens (tertiary/aromatic N) is 2. The predicted octanol–water partition coefficient (Wildman–Crippen LogP) is 1.22. The highest BCUT2D eigenvalue weighted by molar-refractivity contribution is 5.87. The third-order valence-electron chi connectivity index (χ3n) is 4.39. The van der Waals surface area contributed by atoms with Crippen molar-refractivity contribution in [2.45, 2.75) is 25.4 Å². The molecule has 0 aromatic heterocycles. The Labute approximate surface area is 136 Å². The smallest absolute Gasteiger partial charge is 0.320 e. The van der Waals surface area contributed by atoms with Crippen LogP contribution >= 0.6 is 0 Å². The molecule has 6 nitrogen and oxygen atoms in total. The summed E-state index contributed by atoms with van der Waals surface area (Å²) >= 11 is 0. The maximum absolute atomic E-state index is 12.6. The van der Waals surface area contributed by atoms with Crippen molar-refractivity contribution in [3.63, 3.8) is 0 Å². The van der Waals surface area contributed by atoms with Gasteiger partial charge in [0, 0.05) is 26.2 Å². The summed E-state index contributed by atoms with van der Waals surface area (Å²) < 4.78 is 5.28. The number of benzene rings is 1. The molecule has 6 heteroatoms. The molecule has 0 radical (unpaired) electrons. The Morgan fingerprint density at radius 1 is 1.13 bits per heavy atom. The van der Waals surface area contributed by atoms with Crippen molar-refractivity contribution < 1.29 is 14.3 Å². The first kappa shape index (κ1) is 15.8. The van der Waals surface area contributed by atoms with E-state index in [4.69, 9.17) is 4.74 Å². The number of nitrogens with one attached hydrogen (secondary N) is 1. The summed E-state index contributed by atoms with van der Waals surface area (Å²) in [6, 6.07) is 9.42. The Morgan fingerprint density at radius 2 is 1.87 bits per heavy atom. The summed E-state index contributed by atoms with van der Waals surface area (Å²) in [6.07, 6.45) is 1.61. The fourth-order valence-electron chi connectivity index (χ4n) is 3.11. The molecule has 0 aliphatic carbocycles. The monoisotopic (exact) mass is 317 g/mol. The zero-order chi connectivity index (χ0) is 16.1. The summed E-state index contributed by atoms with van der Waals surface area (Å²) in [6.45, 7) is 3.51. The van der Waals surface area contributed by atoms with Crippen LogP contribution in [0.5, 0.6) is 0 Å². The van der Waals surface area contributed by atoms with E-state index in [9.17, 15) is 9.59 Å². The van der Waals surface area contributed by atoms with Gasteiger partial charge in [-0.1, -0.05) is 30.3 Å². The number of amides is 3. The average Bonchev–Trinajstić information content (AvgIpc) is 3.10. The summed E-state index contributed by atoms with van der Waals surface area (Å²) in [5.41, 5.74) is 1.06. The second-order valence-electron chi connectivity index (χ2n) is 5.94. The van der Waals surface area contributed by atoms with E-state index >= 15 is 0 Å². The molecule has 2 aliphatic rings. The van der Waals surface area contributed by atoms with Crippen molar-refractivity contribution in [3.05, 3.63) is 35.9 Å². The van der Waals surface area contributed by atoms with E-state index < -0.39 is 0 Å². The van der Waals surface area contributed by atoms with Crippen LogP contribution in [-0.2, 0) is 16.1 Å². The first-order chi connectivity index (χ1) is 11.3. The first-order valence-electron chi connectivity index (χ1n) is 8.20. The molecule has 1 aromatic carbocycles. The highest BCUT2D eigenvalue weighted by Gasteiger charge is 2.36. The number of rotatable bonds is 3. The van der Waals surface area contributed by atoms with Gasteiger partial charge in [-0.3, -0.25) is 4.79 Å². The van der Waals surface area contributed by atoms with Crippen molar-refractivity contribution in [1.82, 2.24) is 15.1 Å². The second-order valence-corrected chi connectivity index (χ2v) is 5.94. The molecule has 2 fully saturated rings. The topological polar surface area (TPSA) is 61.9 Å². The molecule has 0 saturated carbocycles. The van der Waals surface area contributed by atoms with Crippen LogP contribution in [0.3, 0.4) is 0 Å². The Morgan fingerprint density at radius 3 is 2.61 bits per heavy atom. The van der Waals surface area contributed by atoms with Crippen molar-refractivity contribution in [1.29, 1.82) is 0 Å². The van der Waals surface area contributed by atoms with Crippen molar-refractivity contribution >= 4 is 11.9 Å². The highest BCUT2D eigenvalue weighted by atomic mass is 16.5. The molecule has 1 N–H and O–H groups in total. The lowest BCUT2D eigenvalue weighted by Gasteiger charge is -2.33. The number of carbonyl (C=O) groups is 2. The lowest BCUT2D eigenvalue weighted by atomic mass is 10.2. The molecule has 0 spiro atoms. The van der Waals surface area contributed by atoms with Gasteiger partial charge in [-0.05, 0) is 18.4 Å². The maximum atomic E-state index is 12.6. The Bertz CT molecular complexity index is 543. The summed E-state index contributed by atoms with van der Waals surface area (Å²) in [4.78, 5) is 28.6. The number of carbonyl (C=O) groups excluding carboxylic acids is 2. The average molecular weight is 317 g/mol. The molecular formula is C17H23N3O3. The molecule has 0 unspecified atom stereocenters. The van der Waals surface area contributed by atoms with Crippen molar-refractivity contribution in [3.8, 4) is 0 Å². The minimum atomic E-state index is -0.353. The molecule has 1 aromatic rings. The molecule has 124 valence electrons. The van der Waals surface area contributed by atoms with Crippen LogP contribution in [0.25, 0.3) is 0 Å². The van der Waals surface area contributed by atoms with E-state index in [1.54, 1.807) is 9.80 Å². The first-order valence-corrected chi connectivity index (χ1v) is 8.20. The van der Waals surface area contributed by atoms with Crippen LogP contribution in [0.15, 0.2) is 30.3 Å². The highest BCUT2D eigenvalue weighted by Crippen LogP contribution is 2.20. The fraction of sp³-hybridized carbons (Fsp3) is 0.529. The van der Waals surface area contributed by atoms with Crippen LogP contribution < -0.4 is 5.32 Å². The van der Waals surface area contributed by atoms with Crippen LogP contribution in [0, 0.1) is 0 Å². The van der Waals surface area contributed by atoms with E-state index in [2.05, 4.69) is 5.32 Å². The van der Waals surface area contributed by atoms with Crippen molar-refractivity contribution in [2.24, 2.45) is 0 Å². The third kappa shape index (κ3) is 3.82. The van der Waals surface area contributed by atoms with E-state index in [0.29, 0.717) is 39.4 Å². The third-order valence-corrected chi connectivity index (χ3v) is 4.39. The van der Waals surface area contributed by atoms with E-state index in [1.165, 1.54) is 0 Å². The number of urea groups is 1. The van der Waals surface area contributed by atoms with Gasteiger partial charge in [-0.25, -0.2) is 4.79 Å². The molecule has 23 heavy (non-hydrogen) atoms. The molecule has 2 heterocycles. The molecular weight excluding hydrogens is 294 g/mol. The summed E-state index contributed by atoms with van der Waals surface area (Å²) in [5, 5.41) is 2.95. The number of likely N-dealkylation sites (tertiary alicyclic amines) is 1. The summed E-state index contributed by atoms with van der Waals surface area (Å²) in [7, 11) is 0. The zero-order valence-electron chi connectivity index (χ0n) is 13.2. The minimum Gasteiger partial charge on any atom is -0.378 e. The van der Waals surface area contributed by atoms with Gasteiger partial charge in [-0.15, -0.1) is 0 Å². The molecule has 1 atom stereocenters. The maximum Gasteiger partial charge on any atom is 0.320 e. The molecule has 2 saturated heterocycles. The van der Waals surface area contributed by atoms with Gasteiger partial charge in [0.1, 0.15) is 6.04 Å². The van der Waals surface area contributed by atoms with Gasteiger partial charge < -0.3 is 19.9 Å².